The summed E-state index contributed by atoms with van der Waals surface area (Å²) < 4.78 is 4.52. The molecule has 1 aromatic rings. The van der Waals surface area contributed by atoms with Gasteiger partial charge < -0.3 is 15.4 Å². The molecule has 0 radical (unpaired) electrons. The minimum Gasteiger partial charge on any atom is -0.469 e. The number of hydrogen-bond donors (Lipinski definition) is 2. The van der Waals surface area contributed by atoms with Gasteiger partial charge in [-0.2, -0.15) is 0 Å². The zero-order valence-corrected chi connectivity index (χ0v) is 10.9. The van der Waals surface area contributed by atoms with Crippen molar-refractivity contribution in [2.75, 3.05) is 13.7 Å². The van der Waals surface area contributed by atoms with Gasteiger partial charge in [-0.25, -0.2) is 0 Å². The van der Waals surface area contributed by atoms with Crippen LogP contribution in [0.3, 0.4) is 0 Å². The summed E-state index contributed by atoms with van der Waals surface area (Å²) in [7, 11) is 1.34. The fourth-order valence-corrected chi connectivity index (χ4v) is 2.15. The first-order valence-electron chi connectivity index (χ1n) is 6.35. The Morgan fingerprint density at radius 1 is 1.37 bits per heavy atom. The number of rotatable bonds is 4. The predicted molar refractivity (Wildman–Crippen MR) is 70.4 cm³/mol. The molecule has 2 N–H and O–H groups in total. The minimum atomic E-state index is -0.317. The van der Waals surface area contributed by atoms with Crippen molar-refractivity contribution in [3.8, 4) is 0 Å². The fourth-order valence-electron chi connectivity index (χ4n) is 2.15. The summed E-state index contributed by atoms with van der Waals surface area (Å²) in [6.07, 6.45) is 0.881. The Kier molecular flexibility index (Phi) is 4.52. The molecule has 0 spiro atoms. The van der Waals surface area contributed by atoms with Crippen LogP contribution in [0, 0.1) is 0 Å². The van der Waals surface area contributed by atoms with Crippen molar-refractivity contribution in [3.05, 3.63) is 35.4 Å². The molecule has 1 aromatic carbocycles. The molecule has 0 unspecified atom stereocenters. The summed E-state index contributed by atoms with van der Waals surface area (Å²) in [4.78, 5) is 22.9. The number of nitrogens with one attached hydrogen (secondary N) is 2. The van der Waals surface area contributed by atoms with Gasteiger partial charge in [0, 0.05) is 13.1 Å². The lowest BCUT2D eigenvalue weighted by Gasteiger charge is -2.25. The zero-order chi connectivity index (χ0) is 13.7. The van der Waals surface area contributed by atoms with E-state index in [0.717, 1.165) is 0 Å². The molecular weight excluding hydrogens is 244 g/mol. The van der Waals surface area contributed by atoms with Gasteiger partial charge in [-0.1, -0.05) is 24.3 Å². The molecular formula is C14H18N2O3. The zero-order valence-electron chi connectivity index (χ0n) is 10.9. The summed E-state index contributed by atoms with van der Waals surface area (Å²) in [5, 5.41) is 5.95. The Balaban J connectivity index is 1.83. The standard InChI is InChI=1S/C14H18N2O3/c1-19-13(17)6-7-15-14(18)12-8-10-4-2-3-5-11(10)9-16-12/h2-5,12,16H,6-9H2,1H3,(H,15,18)/t12-/m0/s1. The van der Waals surface area contributed by atoms with Crippen LogP contribution in [0.4, 0.5) is 0 Å². The van der Waals surface area contributed by atoms with Crippen LogP contribution in [-0.2, 0) is 27.3 Å². The lowest BCUT2D eigenvalue weighted by Crippen LogP contribution is -2.48. The number of ether oxygens (including phenoxy) is 1. The molecule has 0 saturated carbocycles. The van der Waals surface area contributed by atoms with Crippen LogP contribution in [0.15, 0.2) is 24.3 Å². The highest BCUT2D eigenvalue weighted by Crippen LogP contribution is 2.16. The highest BCUT2D eigenvalue weighted by Gasteiger charge is 2.23. The number of carbonyl (C=O) groups excluding carboxylic acids is 2. The Morgan fingerprint density at radius 2 is 2.11 bits per heavy atom. The summed E-state index contributed by atoms with van der Waals surface area (Å²) in [5.41, 5.74) is 2.44. The number of esters is 1. The topological polar surface area (TPSA) is 67.4 Å². The first kappa shape index (κ1) is 13.5. The van der Waals surface area contributed by atoms with Crippen LogP contribution >= 0.6 is 0 Å². The smallest absolute Gasteiger partial charge is 0.307 e. The minimum absolute atomic E-state index is 0.0709. The molecule has 19 heavy (non-hydrogen) atoms. The second kappa shape index (κ2) is 6.33. The van der Waals surface area contributed by atoms with Crippen molar-refractivity contribution < 1.29 is 14.3 Å². The number of hydrogen-bond acceptors (Lipinski definition) is 4. The molecule has 5 nitrogen and oxygen atoms in total. The summed E-state index contributed by atoms with van der Waals surface area (Å²) in [6, 6.07) is 7.86. The average Bonchev–Trinajstić information content (AvgIpc) is 2.46. The van der Waals surface area contributed by atoms with E-state index < -0.39 is 0 Å². The second-order valence-corrected chi connectivity index (χ2v) is 4.52. The quantitative estimate of drug-likeness (QED) is 0.770. The molecule has 102 valence electrons. The summed E-state index contributed by atoms with van der Waals surface area (Å²) >= 11 is 0. The normalized spacial score (nSPS) is 17.4. The number of fused-ring (bicyclic) bond motifs is 1. The van der Waals surface area contributed by atoms with Crippen molar-refractivity contribution in [2.45, 2.75) is 25.4 Å². The van der Waals surface area contributed by atoms with Gasteiger partial charge in [0.2, 0.25) is 5.91 Å². The number of benzene rings is 1. The van der Waals surface area contributed by atoms with Crippen molar-refractivity contribution >= 4 is 11.9 Å². The second-order valence-electron chi connectivity index (χ2n) is 4.52. The molecule has 0 aromatic heterocycles. The Hall–Kier alpha value is -1.88. The molecule has 1 aliphatic rings. The van der Waals surface area contributed by atoms with E-state index in [0.29, 0.717) is 19.5 Å². The highest BCUT2D eigenvalue weighted by molar-refractivity contribution is 5.83. The molecule has 1 aliphatic heterocycles. The van der Waals surface area contributed by atoms with E-state index in [1.807, 2.05) is 18.2 Å². The van der Waals surface area contributed by atoms with Crippen LogP contribution in [0.25, 0.3) is 0 Å². The Morgan fingerprint density at radius 3 is 2.84 bits per heavy atom. The average molecular weight is 262 g/mol. The van der Waals surface area contributed by atoms with Gasteiger partial charge in [0.1, 0.15) is 0 Å². The summed E-state index contributed by atoms with van der Waals surface area (Å²) in [5.74, 6) is -0.388. The summed E-state index contributed by atoms with van der Waals surface area (Å²) in [6.45, 7) is 1.01. The van der Waals surface area contributed by atoms with Crippen molar-refractivity contribution in [3.63, 3.8) is 0 Å². The number of amides is 1. The van der Waals surface area contributed by atoms with Crippen LogP contribution in [0.2, 0.25) is 0 Å². The van der Waals surface area contributed by atoms with E-state index >= 15 is 0 Å². The maximum absolute atomic E-state index is 12.0. The maximum atomic E-state index is 12.0. The van der Waals surface area contributed by atoms with Crippen LogP contribution in [0.5, 0.6) is 0 Å². The molecule has 0 fully saturated rings. The van der Waals surface area contributed by atoms with E-state index in [1.54, 1.807) is 0 Å². The highest BCUT2D eigenvalue weighted by atomic mass is 16.5. The van der Waals surface area contributed by atoms with E-state index in [1.165, 1.54) is 18.2 Å². The molecule has 0 bridgehead atoms. The third-order valence-electron chi connectivity index (χ3n) is 3.25. The number of carbonyl (C=O) groups is 2. The molecule has 1 heterocycles. The largest absolute Gasteiger partial charge is 0.469 e. The van der Waals surface area contributed by atoms with Gasteiger partial charge in [0.25, 0.3) is 0 Å². The monoisotopic (exact) mass is 262 g/mol. The van der Waals surface area contributed by atoms with Crippen molar-refractivity contribution in [1.29, 1.82) is 0 Å². The van der Waals surface area contributed by atoms with Gasteiger partial charge in [-0.05, 0) is 17.5 Å². The SMILES string of the molecule is COC(=O)CCNC(=O)[C@@H]1Cc2ccccc2CN1. The Bertz CT molecular complexity index is 474. The maximum Gasteiger partial charge on any atom is 0.307 e. The van der Waals surface area contributed by atoms with E-state index in [4.69, 9.17) is 0 Å². The molecule has 0 aliphatic carbocycles. The van der Waals surface area contributed by atoms with E-state index in [-0.39, 0.29) is 24.3 Å². The van der Waals surface area contributed by atoms with Crippen LogP contribution < -0.4 is 10.6 Å². The van der Waals surface area contributed by atoms with E-state index in [9.17, 15) is 9.59 Å². The van der Waals surface area contributed by atoms with Gasteiger partial charge in [-0.3, -0.25) is 9.59 Å². The third kappa shape index (κ3) is 3.54. The molecule has 1 atom stereocenters. The van der Waals surface area contributed by atoms with Gasteiger partial charge >= 0.3 is 5.97 Å². The van der Waals surface area contributed by atoms with Crippen LogP contribution in [-0.4, -0.2) is 31.6 Å². The van der Waals surface area contributed by atoms with Crippen LogP contribution in [0.1, 0.15) is 17.5 Å². The first-order chi connectivity index (χ1) is 9.20. The molecule has 5 heteroatoms. The van der Waals surface area contributed by atoms with Crippen molar-refractivity contribution in [2.24, 2.45) is 0 Å². The Labute approximate surface area is 112 Å². The van der Waals surface area contributed by atoms with Crippen molar-refractivity contribution in [1.82, 2.24) is 10.6 Å². The fraction of sp³-hybridized carbons (Fsp3) is 0.429. The van der Waals surface area contributed by atoms with E-state index in [2.05, 4.69) is 21.4 Å². The van der Waals surface area contributed by atoms with Gasteiger partial charge in [-0.15, -0.1) is 0 Å². The molecule has 0 saturated heterocycles. The predicted octanol–water partition coefficient (Wildman–Crippen LogP) is 0.380. The van der Waals surface area contributed by atoms with Gasteiger partial charge in [0.05, 0.1) is 19.6 Å². The third-order valence-corrected chi connectivity index (χ3v) is 3.25. The molecule has 1 amide bonds. The lowest BCUT2D eigenvalue weighted by atomic mass is 9.95. The first-order valence-corrected chi connectivity index (χ1v) is 6.35. The molecule has 2 rings (SSSR count). The number of methoxy groups -OCH3 is 1. The lowest BCUT2D eigenvalue weighted by molar-refractivity contribution is -0.140. The van der Waals surface area contributed by atoms with Gasteiger partial charge in [0.15, 0.2) is 0 Å².